The summed E-state index contributed by atoms with van der Waals surface area (Å²) >= 11 is 0. The first kappa shape index (κ1) is 22.1. The van der Waals surface area contributed by atoms with Gasteiger partial charge in [-0.2, -0.15) is 13.2 Å². The van der Waals surface area contributed by atoms with Gasteiger partial charge in [0.25, 0.3) is 0 Å². The Morgan fingerprint density at radius 1 is 1.19 bits per heavy atom. The van der Waals surface area contributed by atoms with E-state index in [0.29, 0.717) is 6.54 Å². The third kappa shape index (κ3) is 8.80. The van der Waals surface area contributed by atoms with Crippen LogP contribution in [0, 0.1) is 0 Å². The van der Waals surface area contributed by atoms with Crippen molar-refractivity contribution in [3.8, 4) is 0 Å². The van der Waals surface area contributed by atoms with Gasteiger partial charge in [0.1, 0.15) is 5.82 Å². The molecule has 0 aliphatic carbocycles. The Hall–Kier alpha value is -2.97. The van der Waals surface area contributed by atoms with Crippen molar-refractivity contribution in [1.29, 1.82) is 0 Å². The highest BCUT2D eigenvalue weighted by molar-refractivity contribution is 5.61. The Labute approximate surface area is 155 Å². The number of amides is 1. The maximum absolute atomic E-state index is 13.3. The van der Waals surface area contributed by atoms with E-state index in [1.165, 1.54) is 6.20 Å². The fourth-order valence-corrected chi connectivity index (χ4v) is 2.08. The molecule has 0 bridgehead atoms. The van der Waals surface area contributed by atoms with Crippen LogP contribution in [-0.4, -0.2) is 21.7 Å². The molecule has 0 atom stereocenters. The van der Waals surface area contributed by atoms with Gasteiger partial charge in [-0.05, 0) is 32.4 Å². The van der Waals surface area contributed by atoms with Crippen molar-refractivity contribution in [3.05, 3.63) is 53.7 Å². The van der Waals surface area contributed by atoms with Crippen LogP contribution < -0.4 is 16.4 Å². The molecule has 2 rings (SSSR count). The van der Waals surface area contributed by atoms with Crippen LogP contribution in [0.1, 0.15) is 31.9 Å². The number of benzene rings is 1. The maximum Gasteiger partial charge on any atom is 0.418 e. The van der Waals surface area contributed by atoms with Gasteiger partial charge in [0, 0.05) is 12.1 Å². The summed E-state index contributed by atoms with van der Waals surface area (Å²) in [5.41, 5.74) is 3.77. The molecule has 0 radical (unpaired) electrons. The van der Waals surface area contributed by atoms with Gasteiger partial charge in [-0.3, -0.25) is 0 Å². The number of alkyl halides is 3. The molecule has 0 aliphatic rings. The topological polar surface area (TPSA) is 100 Å². The van der Waals surface area contributed by atoms with Crippen LogP contribution in [0.2, 0.25) is 0 Å². The molecule has 1 aromatic carbocycles. The second-order valence-corrected chi connectivity index (χ2v) is 6.67. The molecule has 5 N–H and O–H groups in total. The Bertz CT molecular complexity index is 741. The molecule has 0 saturated carbocycles. The van der Waals surface area contributed by atoms with Crippen molar-refractivity contribution in [3.63, 3.8) is 0 Å². The minimum atomic E-state index is -4.44. The molecule has 0 unspecified atom stereocenters. The molecular weight excluding hydrogens is 361 g/mol. The van der Waals surface area contributed by atoms with E-state index in [4.69, 9.17) is 9.90 Å². The Balaban J connectivity index is 0.000000828. The molecule has 27 heavy (non-hydrogen) atoms. The average Bonchev–Trinajstić information content (AvgIpc) is 2.52. The minimum absolute atomic E-state index is 0.0183. The van der Waals surface area contributed by atoms with Crippen molar-refractivity contribution in [2.75, 3.05) is 10.6 Å². The SMILES string of the molecule is CC(C)(C)Nc1cnc(NCc2ccccc2)cc1C(F)(F)F.NC(=O)O. The quantitative estimate of drug-likeness (QED) is 0.620. The molecule has 0 aliphatic heterocycles. The Morgan fingerprint density at radius 3 is 2.22 bits per heavy atom. The highest BCUT2D eigenvalue weighted by Crippen LogP contribution is 2.36. The number of hydrogen-bond acceptors (Lipinski definition) is 4. The molecule has 9 heteroatoms. The number of halogens is 3. The molecule has 0 fully saturated rings. The average molecular weight is 384 g/mol. The van der Waals surface area contributed by atoms with Gasteiger partial charge in [-0.1, -0.05) is 30.3 Å². The summed E-state index contributed by atoms with van der Waals surface area (Å²) in [6.07, 6.45) is -4.55. The lowest BCUT2D eigenvalue weighted by molar-refractivity contribution is -0.137. The van der Waals surface area contributed by atoms with Crippen LogP contribution in [0.25, 0.3) is 0 Å². The molecule has 6 nitrogen and oxygen atoms in total. The summed E-state index contributed by atoms with van der Waals surface area (Å²) in [6.45, 7) is 5.81. The fraction of sp³-hybridized carbons (Fsp3) is 0.333. The van der Waals surface area contributed by atoms with E-state index < -0.39 is 23.4 Å². The van der Waals surface area contributed by atoms with Gasteiger partial charge in [0.2, 0.25) is 0 Å². The van der Waals surface area contributed by atoms with Crippen LogP contribution in [0.15, 0.2) is 42.6 Å². The number of anilines is 2. The molecule has 0 saturated heterocycles. The smallest absolute Gasteiger partial charge is 0.418 e. The van der Waals surface area contributed by atoms with Crippen LogP contribution in [0.4, 0.5) is 29.5 Å². The maximum atomic E-state index is 13.3. The van der Waals surface area contributed by atoms with E-state index in [9.17, 15) is 13.2 Å². The standard InChI is InChI=1S/C17H20F3N3.CH3NO2/c1-16(2,3)23-14-11-22-15(9-13(14)17(18,19)20)21-10-12-7-5-4-6-8-12;2-1(3)4/h4-9,11,23H,10H2,1-3H3,(H,21,22);2H2,(H,3,4). The molecular formula is C18H23F3N4O2. The first-order valence-electron chi connectivity index (χ1n) is 8.00. The van der Waals surface area contributed by atoms with Crippen LogP contribution >= 0.6 is 0 Å². The number of carbonyl (C=O) groups is 1. The number of pyridine rings is 1. The Morgan fingerprint density at radius 2 is 1.74 bits per heavy atom. The summed E-state index contributed by atoms with van der Waals surface area (Å²) in [5, 5.41) is 13.0. The third-order valence-electron chi connectivity index (χ3n) is 3.04. The largest absolute Gasteiger partial charge is 0.465 e. The van der Waals surface area contributed by atoms with Crippen molar-refractivity contribution < 1.29 is 23.1 Å². The third-order valence-corrected chi connectivity index (χ3v) is 3.04. The monoisotopic (exact) mass is 384 g/mol. The van der Waals surface area contributed by atoms with Gasteiger partial charge in [0.05, 0.1) is 17.4 Å². The number of nitrogens with one attached hydrogen (secondary N) is 2. The molecule has 1 amide bonds. The lowest BCUT2D eigenvalue weighted by Crippen LogP contribution is -2.28. The van der Waals surface area contributed by atoms with Crippen molar-refractivity contribution >= 4 is 17.6 Å². The zero-order valence-corrected chi connectivity index (χ0v) is 15.3. The lowest BCUT2D eigenvalue weighted by Gasteiger charge is -2.25. The number of rotatable bonds is 4. The first-order chi connectivity index (χ1) is 12.4. The van der Waals surface area contributed by atoms with E-state index >= 15 is 0 Å². The van der Waals surface area contributed by atoms with E-state index in [0.717, 1.165) is 11.6 Å². The van der Waals surface area contributed by atoms with Crippen molar-refractivity contribution in [1.82, 2.24) is 4.98 Å². The number of nitrogens with zero attached hydrogens (tertiary/aromatic N) is 1. The van der Waals surface area contributed by atoms with E-state index in [2.05, 4.69) is 21.4 Å². The van der Waals surface area contributed by atoms with E-state index in [1.807, 2.05) is 30.3 Å². The molecule has 0 spiro atoms. The van der Waals surface area contributed by atoms with Crippen molar-refractivity contribution in [2.45, 2.75) is 39.0 Å². The first-order valence-corrected chi connectivity index (χ1v) is 8.00. The van der Waals surface area contributed by atoms with Gasteiger partial charge < -0.3 is 21.5 Å². The lowest BCUT2D eigenvalue weighted by atomic mass is 10.1. The fourth-order valence-electron chi connectivity index (χ4n) is 2.08. The second-order valence-electron chi connectivity index (χ2n) is 6.67. The summed E-state index contributed by atoms with van der Waals surface area (Å²) in [4.78, 5) is 12.9. The zero-order valence-electron chi connectivity index (χ0n) is 15.3. The predicted octanol–water partition coefficient (Wildman–Crippen LogP) is 4.55. The number of primary amides is 1. The van der Waals surface area contributed by atoms with Crippen LogP contribution in [0.3, 0.4) is 0 Å². The zero-order chi connectivity index (χ0) is 20.7. The summed E-state index contributed by atoms with van der Waals surface area (Å²) in [5.74, 6) is 0.195. The Kier molecular flexibility index (Phi) is 7.45. The second kappa shape index (κ2) is 9.11. The molecule has 1 heterocycles. The van der Waals surface area contributed by atoms with Gasteiger partial charge in [-0.15, -0.1) is 0 Å². The number of carboxylic acid groups (broad SMARTS) is 1. The van der Waals surface area contributed by atoms with Crippen LogP contribution in [0.5, 0.6) is 0 Å². The number of aromatic nitrogens is 1. The van der Waals surface area contributed by atoms with Crippen LogP contribution in [-0.2, 0) is 12.7 Å². The molecule has 2 aromatic rings. The molecule has 148 valence electrons. The molecule has 1 aromatic heterocycles. The normalized spacial score (nSPS) is 11.2. The highest BCUT2D eigenvalue weighted by atomic mass is 19.4. The minimum Gasteiger partial charge on any atom is -0.465 e. The summed E-state index contributed by atoms with van der Waals surface area (Å²) in [6, 6.07) is 10.5. The number of hydrogen-bond donors (Lipinski definition) is 4. The van der Waals surface area contributed by atoms with E-state index in [1.54, 1.807) is 20.8 Å². The summed E-state index contributed by atoms with van der Waals surface area (Å²) < 4.78 is 39.8. The highest BCUT2D eigenvalue weighted by Gasteiger charge is 2.35. The van der Waals surface area contributed by atoms with Crippen molar-refractivity contribution in [2.24, 2.45) is 5.73 Å². The summed E-state index contributed by atoms with van der Waals surface area (Å²) in [7, 11) is 0. The van der Waals surface area contributed by atoms with Gasteiger partial charge >= 0.3 is 12.3 Å². The van der Waals surface area contributed by atoms with E-state index in [-0.39, 0.29) is 11.5 Å². The van der Waals surface area contributed by atoms with Gasteiger partial charge in [-0.25, -0.2) is 9.78 Å². The van der Waals surface area contributed by atoms with Gasteiger partial charge in [0.15, 0.2) is 0 Å². The number of nitrogens with two attached hydrogens (primary N) is 1. The predicted molar refractivity (Wildman–Crippen MR) is 98.6 cm³/mol.